The third-order valence-electron chi connectivity index (χ3n) is 2.90. The highest BCUT2D eigenvalue weighted by Crippen LogP contribution is 2.20. The molecule has 1 amide bonds. The van der Waals surface area contributed by atoms with Crippen LogP contribution in [-0.4, -0.2) is 27.8 Å². The molecule has 23 heavy (non-hydrogen) atoms. The molecule has 0 saturated heterocycles. The standard InChI is InChI=1S/C16H17FN2O4/c1-16(2,3)23-15(22)18-8-12-10(14(20)21)7-9-5-4-6-11(17)13(9)19-12/h4-7H,8H2,1-3H3,(H,18,22)(H,20,21). The molecule has 0 unspecified atom stereocenters. The number of aromatic carboxylic acids is 1. The van der Waals surface area contributed by atoms with E-state index in [1.165, 1.54) is 18.2 Å². The van der Waals surface area contributed by atoms with Crippen molar-refractivity contribution in [2.45, 2.75) is 32.9 Å². The average molecular weight is 320 g/mol. The first-order valence-corrected chi connectivity index (χ1v) is 6.95. The Morgan fingerprint density at radius 2 is 2.04 bits per heavy atom. The normalized spacial score (nSPS) is 11.3. The van der Waals surface area contributed by atoms with Gasteiger partial charge in [0.05, 0.1) is 17.8 Å². The van der Waals surface area contributed by atoms with Gasteiger partial charge in [-0.15, -0.1) is 0 Å². The van der Waals surface area contributed by atoms with E-state index in [1.54, 1.807) is 26.8 Å². The van der Waals surface area contributed by atoms with E-state index in [1.807, 2.05) is 0 Å². The van der Waals surface area contributed by atoms with Crippen LogP contribution in [-0.2, 0) is 11.3 Å². The summed E-state index contributed by atoms with van der Waals surface area (Å²) in [4.78, 5) is 27.0. The van der Waals surface area contributed by atoms with Crippen molar-refractivity contribution in [3.63, 3.8) is 0 Å². The summed E-state index contributed by atoms with van der Waals surface area (Å²) < 4.78 is 18.9. The number of nitrogens with one attached hydrogen (secondary N) is 1. The number of ether oxygens (including phenoxy) is 1. The van der Waals surface area contributed by atoms with Crippen molar-refractivity contribution in [1.29, 1.82) is 0 Å². The van der Waals surface area contributed by atoms with Crippen LogP contribution in [0.4, 0.5) is 9.18 Å². The molecule has 1 aromatic carbocycles. The molecule has 122 valence electrons. The van der Waals surface area contributed by atoms with E-state index in [2.05, 4.69) is 10.3 Å². The van der Waals surface area contributed by atoms with Gasteiger partial charge in [-0.1, -0.05) is 12.1 Å². The number of aromatic nitrogens is 1. The molecule has 0 saturated carbocycles. The highest BCUT2D eigenvalue weighted by Gasteiger charge is 2.19. The number of para-hydroxylation sites is 1. The number of nitrogens with zero attached hydrogens (tertiary/aromatic N) is 1. The van der Waals surface area contributed by atoms with Crippen LogP contribution in [0.15, 0.2) is 24.3 Å². The summed E-state index contributed by atoms with van der Waals surface area (Å²) >= 11 is 0. The molecule has 2 N–H and O–H groups in total. The van der Waals surface area contributed by atoms with Crippen molar-refractivity contribution in [1.82, 2.24) is 10.3 Å². The Kier molecular flexibility index (Phi) is 4.49. The van der Waals surface area contributed by atoms with Gasteiger partial charge in [-0.3, -0.25) is 0 Å². The molecule has 2 rings (SSSR count). The van der Waals surface area contributed by atoms with Gasteiger partial charge in [0.2, 0.25) is 0 Å². The highest BCUT2D eigenvalue weighted by atomic mass is 19.1. The van der Waals surface area contributed by atoms with Crippen LogP contribution in [0.25, 0.3) is 10.9 Å². The molecule has 7 heteroatoms. The summed E-state index contributed by atoms with van der Waals surface area (Å²) in [5.41, 5.74) is -0.665. The summed E-state index contributed by atoms with van der Waals surface area (Å²) in [6, 6.07) is 5.62. The molecule has 0 radical (unpaired) electrons. The molecule has 0 aliphatic heterocycles. The number of alkyl carbamates (subject to hydrolysis) is 1. The molecule has 0 aliphatic carbocycles. The fraction of sp³-hybridized carbons (Fsp3) is 0.312. The predicted molar refractivity (Wildman–Crippen MR) is 81.7 cm³/mol. The average Bonchev–Trinajstić information content (AvgIpc) is 2.43. The number of rotatable bonds is 3. The molecule has 0 bridgehead atoms. The maximum atomic E-state index is 13.8. The van der Waals surface area contributed by atoms with Crippen LogP contribution in [0.1, 0.15) is 36.8 Å². The maximum Gasteiger partial charge on any atom is 0.407 e. The predicted octanol–water partition coefficient (Wildman–Crippen LogP) is 3.10. The van der Waals surface area contributed by atoms with Gasteiger partial charge < -0.3 is 15.2 Å². The van der Waals surface area contributed by atoms with Gasteiger partial charge in [0.15, 0.2) is 0 Å². The van der Waals surface area contributed by atoms with Crippen molar-refractivity contribution in [2.24, 2.45) is 0 Å². The molecule has 0 spiro atoms. The smallest absolute Gasteiger partial charge is 0.407 e. The van der Waals surface area contributed by atoms with Crippen LogP contribution < -0.4 is 5.32 Å². The molecule has 0 fully saturated rings. The zero-order valence-electron chi connectivity index (χ0n) is 13.0. The Morgan fingerprint density at radius 1 is 1.35 bits per heavy atom. The van der Waals surface area contributed by atoms with Gasteiger partial charge >= 0.3 is 12.1 Å². The molecule has 1 heterocycles. The number of halogens is 1. The summed E-state index contributed by atoms with van der Waals surface area (Å²) in [5, 5.41) is 12.1. The van der Waals surface area contributed by atoms with Crippen molar-refractivity contribution in [3.05, 3.63) is 41.3 Å². The third-order valence-corrected chi connectivity index (χ3v) is 2.90. The zero-order valence-corrected chi connectivity index (χ0v) is 13.0. The molecule has 0 aliphatic rings. The SMILES string of the molecule is CC(C)(C)OC(=O)NCc1nc2c(F)cccc2cc1C(=O)O. The largest absolute Gasteiger partial charge is 0.478 e. The summed E-state index contributed by atoms with van der Waals surface area (Å²) in [7, 11) is 0. The van der Waals surface area contributed by atoms with Crippen molar-refractivity contribution in [3.8, 4) is 0 Å². The number of carboxylic acids is 1. The minimum atomic E-state index is -1.20. The molecule has 1 aromatic heterocycles. The minimum Gasteiger partial charge on any atom is -0.478 e. The van der Waals surface area contributed by atoms with Gasteiger partial charge in [-0.25, -0.2) is 19.0 Å². The number of carbonyl (C=O) groups excluding carboxylic acids is 1. The van der Waals surface area contributed by atoms with Crippen LogP contribution >= 0.6 is 0 Å². The van der Waals surface area contributed by atoms with Crippen molar-refractivity contribution in [2.75, 3.05) is 0 Å². The van der Waals surface area contributed by atoms with Crippen LogP contribution in [0.5, 0.6) is 0 Å². The van der Waals surface area contributed by atoms with Gasteiger partial charge in [0.1, 0.15) is 16.9 Å². The lowest BCUT2D eigenvalue weighted by Crippen LogP contribution is -2.32. The number of benzene rings is 1. The maximum absolute atomic E-state index is 13.8. The number of amides is 1. The molecular formula is C16H17FN2O4. The van der Waals surface area contributed by atoms with Crippen LogP contribution in [0, 0.1) is 5.82 Å². The summed E-state index contributed by atoms with van der Waals surface area (Å²) in [6.45, 7) is 4.94. The van der Waals surface area contributed by atoms with E-state index in [4.69, 9.17) is 4.74 Å². The van der Waals surface area contributed by atoms with E-state index in [-0.39, 0.29) is 23.3 Å². The highest BCUT2D eigenvalue weighted by molar-refractivity contribution is 5.94. The van der Waals surface area contributed by atoms with Gasteiger partial charge in [0, 0.05) is 5.39 Å². The first-order chi connectivity index (χ1) is 10.7. The zero-order chi connectivity index (χ0) is 17.2. The van der Waals surface area contributed by atoms with Crippen molar-refractivity contribution >= 4 is 23.0 Å². The van der Waals surface area contributed by atoms with E-state index < -0.39 is 23.5 Å². The Balaban J connectivity index is 2.31. The first kappa shape index (κ1) is 16.7. The van der Waals surface area contributed by atoms with E-state index in [9.17, 15) is 19.1 Å². The van der Waals surface area contributed by atoms with Gasteiger partial charge in [-0.2, -0.15) is 0 Å². The second-order valence-corrected chi connectivity index (χ2v) is 5.95. The van der Waals surface area contributed by atoms with Crippen molar-refractivity contribution < 1.29 is 23.8 Å². The summed E-state index contributed by atoms with van der Waals surface area (Å²) in [5.74, 6) is -1.76. The van der Waals surface area contributed by atoms with Gasteiger partial charge in [0.25, 0.3) is 0 Å². The second kappa shape index (κ2) is 6.20. The fourth-order valence-electron chi connectivity index (χ4n) is 1.99. The lowest BCUT2D eigenvalue weighted by Gasteiger charge is -2.19. The number of pyridine rings is 1. The van der Waals surface area contributed by atoms with Crippen LogP contribution in [0.2, 0.25) is 0 Å². The Bertz CT molecular complexity index is 768. The van der Waals surface area contributed by atoms with E-state index in [0.717, 1.165) is 0 Å². The number of fused-ring (bicyclic) bond motifs is 1. The van der Waals surface area contributed by atoms with E-state index in [0.29, 0.717) is 5.39 Å². The molecule has 0 atom stereocenters. The van der Waals surface area contributed by atoms with Gasteiger partial charge in [-0.05, 0) is 32.9 Å². The molecule has 6 nitrogen and oxygen atoms in total. The lowest BCUT2D eigenvalue weighted by molar-refractivity contribution is 0.0520. The Hall–Kier alpha value is -2.70. The number of hydrogen-bond donors (Lipinski definition) is 2. The van der Waals surface area contributed by atoms with Crippen LogP contribution in [0.3, 0.4) is 0 Å². The Morgan fingerprint density at radius 3 is 2.65 bits per heavy atom. The minimum absolute atomic E-state index is 0.0542. The first-order valence-electron chi connectivity index (χ1n) is 6.95. The third kappa shape index (κ3) is 4.15. The molecule has 2 aromatic rings. The summed E-state index contributed by atoms with van der Waals surface area (Å²) in [6.07, 6.45) is -0.704. The van der Waals surface area contributed by atoms with E-state index >= 15 is 0 Å². The second-order valence-electron chi connectivity index (χ2n) is 5.95. The molecular weight excluding hydrogens is 303 g/mol. The number of carboxylic acid groups (broad SMARTS) is 1. The monoisotopic (exact) mass is 320 g/mol. The lowest BCUT2D eigenvalue weighted by atomic mass is 10.1. The number of carbonyl (C=O) groups is 2. The fourth-order valence-corrected chi connectivity index (χ4v) is 1.99. The Labute approximate surface area is 132 Å². The number of hydrogen-bond acceptors (Lipinski definition) is 4. The quantitative estimate of drug-likeness (QED) is 0.907. The topological polar surface area (TPSA) is 88.5 Å².